The summed E-state index contributed by atoms with van der Waals surface area (Å²) in [4.78, 5) is 0.304. The van der Waals surface area contributed by atoms with Gasteiger partial charge in [-0.05, 0) is 59.2 Å². The molecule has 0 radical (unpaired) electrons. The molecule has 0 saturated heterocycles. The zero-order chi connectivity index (χ0) is 20.3. The molecule has 0 aliphatic carbocycles. The molecule has 1 N–H and O–H groups in total. The molecular weight excluding hydrogens is 372 g/mol. The number of rotatable bonds is 7. The first-order chi connectivity index (χ1) is 13.3. The molecule has 0 amide bonds. The summed E-state index contributed by atoms with van der Waals surface area (Å²) >= 11 is 0. The first-order valence-electron chi connectivity index (χ1n) is 9.14. The minimum atomic E-state index is -3.40. The van der Waals surface area contributed by atoms with Gasteiger partial charge in [-0.3, -0.25) is 0 Å². The average Bonchev–Trinajstić information content (AvgIpc) is 2.71. The molecule has 1 unspecified atom stereocenters. The molecule has 0 aromatic heterocycles. The van der Waals surface area contributed by atoms with Gasteiger partial charge in [-0.15, -0.1) is 0 Å². The van der Waals surface area contributed by atoms with E-state index in [9.17, 15) is 8.42 Å². The second-order valence-electron chi connectivity index (χ2n) is 7.01. The Hall–Kier alpha value is -2.41. The van der Waals surface area contributed by atoms with Crippen LogP contribution in [-0.2, 0) is 16.6 Å². The summed E-state index contributed by atoms with van der Waals surface area (Å²) in [5.74, 6) is 0.853. The predicted octanol–water partition coefficient (Wildman–Crippen LogP) is 3.95. The molecule has 0 fully saturated rings. The van der Waals surface area contributed by atoms with Gasteiger partial charge in [0.2, 0.25) is 10.0 Å². The molecule has 0 saturated carbocycles. The Labute approximate surface area is 167 Å². The lowest BCUT2D eigenvalue weighted by molar-refractivity contribution is 0.415. The van der Waals surface area contributed by atoms with E-state index < -0.39 is 10.0 Å². The summed E-state index contributed by atoms with van der Waals surface area (Å²) in [6.07, 6.45) is 0. The largest absolute Gasteiger partial charge is 0.497 e. The van der Waals surface area contributed by atoms with Crippen LogP contribution < -0.4 is 10.1 Å². The molecule has 148 valence electrons. The first kappa shape index (κ1) is 20.3. The van der Waals surface area contributed by atoms with Crippen molar-refractivity contribution in [2.24, 2.45) is 0 Å². The lowest BCUT2D eigenvalue weighted by Gasteiger charge is -2.16. The highest BCUT2D eigenvalue weighted by Crippen LogP contribution is 2.23. The Balaban J connectivity index is 1.68. The second-order valence-corrected chi connectivity index (χ2v) is 9.16. The van der Waals surface area contributed by atoms with Gasteiger partial charge in [-0.25, -0.2) is 12.7 Å². The molecule has 0 aliphatic rings. The molecule has 3 aromatic carbocycles. The molecular formula is C22H26N2O3S. The van der Waals surface area contributed by atoms with Gasteiger partial charge in [0.05, 0.1) is 12.0 Å². The Bertz CT molecular complexity index is 1060. The fraction of sp³-hybridized carbons (Fsp3) is 0.273. The number of nitrogens with one attached hydrogen (secondary N) is 1. The summed E-state index contributed by atoms with van der Waals surface area (Å²) in [5, 5.41) is 5.82. The highest BCUT2D eigenvalue weighted by atomic mass is 32.2. The van der Waals surface area contributed by atoms with E-state index in [1.165, 1.54) is 29.4 Å². The Morgan fingerprint density at radius 2 is 1.61 bits per heavy atom. The van der Waals surface area contributed by atoms with Crippen LogP contribution in [0.2, 0.25) is 0 Å². The van der Waals surface area contributed by atoms with Gasteiger partial charge in [0.15, 0.2) is 0 Å². The number of fused-ring (bicyclic) bond motifs is 1. The van der Waals surface area contributed by atoms with Crippen LogP contribution in [0.15, 0.2) is 65.6 Å². The zero-order valence-corrected chi connectivity index (χ0v) is 17.5. The molecule has 5 nitrogen and oxygen atoms in total. The van der Waals surface area contributed by atoms with E-state index in [0.29, 0.717) is 4.90 Å². The van der Waals surface area contributed by atoms with Crippen LogP contribution in [0.3, 0.4) is 0 Å². The number of benzene rings is 3. The van der Waals surface area contributed by atoms with Crippen molar-refractivity contribution in [2.45, 2.75) is 24.4 Å². The quantitative estimate of drug-likeness (QED) is 0.655. The minimum absolute atomic E-state index is 0.0997. The van der Waals surface area contributed by atoms with E-state index in [-0.39, 0.29) is 6.04 Å². The molecule has 3 rings (SSSR count). The van der Waals surface area contributed by atoms with Gasteiger partial charge >= 0.3 is 0 Å². The van der Waals surface area contributed by atoms with Crippen LogP contribution in [0.4, 0.5) is 0 Å². The third-order valence-corrected chi connectivity index (χ3v) is 6.71. The van der Waals surface area contributed by atoms with Crippen LogP contribution in [-0.4, -0.2) is 33.9 Å². The maximum Gasteiger partial charge on any atom is 0.242 e. The molecule has 0 aliphatic heterocycles. The molecule has 0 spiro atoms. The van der Waals surface area contributed by atoms with Crippen molar-refractivity contribution >= 4 is 20.8 Å². The van der Waals surface area contributed by atoms with Gasteiger partial charge < -0.3 is 10.1 Å². The fourth-order valence-corrected chi connectivity index (χ4v) is 3.94. The van der Waals surface area contributed by atoms with E-state index >= 15 is 0 Å². The van der Waals surface area contributed by atoms with Gasteiger partial charge in [0.25, 0.3) is 0 Å². The first-order valence-corrected chi connectivity index (χ1v) is 10.6. The monoisotopic (exact) mass is 398 g/mol. The van der Waals surface area contributed by atoms with Crippen LogP contribution in [0.5, 0.6) is 5.75 Å². The Kier molecular flexibility index (Phi) is 6.03. The molecule has 6 heteroatoms. The van der Waals surface area contributed by atoms with Gasteiger partial charge in [0, 0.05) is 26.7 Å². The van der Waals surface area contributed by atoms with Crippen molar-refractivity contribution in [3.8, 4) is 5.75 Å². The van der Waals surface area contributed by atoms with Gasteiger partial charge in [-0.1, -0.05) is 30.3 Å². The minimum Gasteiger partial charge on any atom is -0.497 e. The number of methoxy groups -OCH3 is 1. The number of hydrogen-bond donors (Lipinski definition) is 1. The van der Waals surface area contributed by atoms with Crippen molar-refractivity contribution in [3.63, 3.8) is 0 Å². The summed E-state index contributed by atoms with van der Waals surface area (Å²) in [6.45, 7) is 2.79. The topological polar surface area (TPSA) is 58.6 Å². The van der Waals surface area contributed by atoms with E-state index in [1.54, 1.807) is 19.2 Å². The number of sulfonamides is 1. The Morgan fingerprint density at radius 3 is 2.25 bits per heavy atom. The SMILES string of the molecule is COc1ccc2cc(CNC(C)c3ccc(S(=O)(=O)N(C)C)cc3)ccc2c1. The third kappa shape index (κ3) is 4.35. The van der Waals surface area contributed by atoms with Crippen molar-refractivity contribution in [1.29, 1.82) is 0 Å². The van der Waals surface area contributed by atoms with Crippen LogP contribution in [0.1, 0.15) is 24.1 Å². The summed E-state index contributed by atoms with van der Waals surface area (Å²) in [5.41, 5.74) is 2.24. The van der Waals surface area contributed by atoms with E-state index in [4.69, 9.17) is 4.74 Å². The number of hydrogen-bond acceptors (Lipinski definition) is 4. The molecule has 3 aromatic rings. The highest BCUT2D eigenvalue weighted by molar-refractivity contribution is 7.89. The normalized spacial score (nSPS) is 13.0. The summed E-state index contributed by atoms with van der Waals surface area (Å²) in [7, 11) is 1.34. The molecule has 0 heterocycles. The van der Waals surface area contributed by atoms with Crippen molar-refractivity contribution in [1.82, 2.24) is 9.62 Å². The summed E-state index contributed by atoms with van der Waals surface area (Å²) < 4.78 is 30.8. The van der Waals surface area contributed by atoms with E-state index in [0.717, 1.165) is 23.2 Å². The maximum absolute atomic E-state index is 12.2. The predicted molar refractivity (Wildman–Crippen MR) is 113 cm³/mol. The van der Waals surface area contributed by atoms with E-state index in [2.05, 4.69) is 36.5 Å². The maximum atomic E-state index is 12.2. The van der Waals surface area contributed by atoms with Gasteiger partial charge in [0.1, 0.15) is 5.75 Å². The second kappa shape index (κ2) is 8.31. The van der Waals surface area contributed by atoms with Crippen LogP contribution in [0.25, 0.3) is 10.8 Å². The standard InChI is InChI=1S/C22H26N2O3S/c1-16(18-8-11-22(12-9-18)28(25,26)24(2)3)23-15-17-5-6-20-14-21(27-4)10-7-19(20)13-17/h5-14,16,23H,15H2,1-4H3. The summed E-state index contributed by atoms with van der Waals surface area (Å²) in [6, 6.07) is 19.6. The molecule has 28 heavy (non-hydrogen) atoms. The lowest BCUT2D eigenvalue weighted by Crippen LogP contribution is -2.22. The van der Waals surface area contributed by atoms with Crippen molar-refractivity contribution < 1.29 is 13.2 Å². The highest BCUT2D eigenvalue weighted by Gasteiger charge is 2.17. The van der Waals surface area contributed by atoms with Gasteiger partial charge in [-0.2, -0.15) is 0 Å². The third-order valence-electron chi connectivity index (χ3n) is 4.88. The lowest BCUT2D eigenvalue weighted by atomic mass is 10.1. The Morgan fingerprint density at radius 1 is 0.964 bits per heavy atom. The fourth-order valence-electron chi connectivity index (χ4n) is 3.04. The van der Waals surface area contributed by atoms with Crippen molar-refractivity contribution in [2.75, 3.05) is 21.2 Å². The van der Waals surface area contributed by atoms with Crippen LogP contribution >= 0.6 is 0 Å². The van der Waals surface area contributed by atoms with E-state index in [1.807, 2.05) is 24.3 Å². The molecule has 0 bridgehead atoms. The van der Waals surface area contributed by atoms with Crippen LogP contribution in [0, 0.1) is 0 Å². The zero-order valence-electron chi connectivity index (χ0n) is 16.6. The molecule has 1 atom stereocenters. The number of ether oxygens (including phenoxy) is 1. The number of nitrogens with zero attached hydrogens (tertiary/aromatic N) is 1. The smallest absolute Gasteiger partial charge is 0.242 e. The van der Waals surface area contributed by atoms with Crippen molar-refractivity contribution in [3.05, 3.63) is 71.8 Å². The average molecular weight is 399 g/mol.